The third-order valence-electron chi connectivity index (χ3n) is 4.85. The molecule has 0 amide bonds. The minimum Gasteiger partial charge on any atom is -0.493 e. The zero-order valence-corrected chi connectivity index (χ0v) is 16.4. The van der Waals surface area contributed by atoms with Crippen molar-refractivity contribution in [3.05, 3.63) is 23.8 Å². The Morgan fingerprint density at radius 2 is 2.04 bits per heavy atom. The zero-order chi connectivity index (χ0) is 19.1. The molecule has 146 valence electrons. The molecule has 1 fully saturated rings. The Hall–Kier alpha value is -1.79. The number of rotatable bonds is 9. The molecule has 6 heteroatoms. The summed E-state index contributed by atoms with van der Waals surface area (Å²) in [7, 11) is 1.67. The van der Waals surface area contributed by atoms with Crippen LogP contribution in [0.25, 0.3) is 0 Å². The van der Waals surface area contributed by atoms with Gasteiger partial charge in [-0.05, 0) is 52.4 Å². The molecular formula is C20H32N2O4. The lowest BCUT2D eigenvalue weighted by molar-refractivity contribution is -0.139. The third kappa shape index (κ3) is 5.61. The summed E-state index contributed by atoms with van der Waals surface area (Å²) in [6, 6.07) is 6.37. The molecule has 1 saturated heterocycles. The van der Waals surface area contributed by atoms with Gasteiger partial charge in [-0.3, -0.25) is 14.6 Å². The van der Waals surface area contributed by atoms with Crippen molar-refractivity contribution >= 4 is 5.97 Å². The normalized spacial score (nSPS) is 16.2. The Morgan fingerprint density at radius 1 is 1.35 bits per heavy atom. The van der Waals surface area contributed by atoms with Crippen LogP contribution in [-0.4, -0.2) is 66.3 Å². The summed E-state index contributed by atoms with van der Waals surface area (Å²) in [5.41, 5.74) is 1.13. The van der Waals surface area contributed by atoms with E-state index < -0.39 is 5.97 Å². The molecule has 1 N–H and O–H groups in total. The third-order valence-corrected chi connectivity index (χ3v) is 4.85. The Kier molecular flexibility index (Phi) is 7.72. The van der Waals surface area contributed by atoms with E-state index in [1.165, 1.54) is 0 Å². The summed E-state index contributed by atoms with van der Waals surface area (Å²) >= 11 is 0. The van der Waals surface area contributed by atoms with Crippen molar-refractivity contribution < 1.29 is 19.4 Å². The van der Waals surface area contributed by atoms with E-state index in [1.54, 1.807) is 7.11 Å². The van der Waals surface area contributed by atoms with Gasteiger partial charge in [-0.1, -0.05) is 19.1 Å². The van der Waals surface area contributed by atoms with Gasteiger partial charge in [0.15, 0.2) is 11.5 Å². The number of piperidine rings is 1. The molecule has 1 aliphatic heterocycles. The molecule has 26 heavy (non-hydrogen) atoms. The van der Waals surface area contributed by atoms with Crippen molar-refractivity contribution in [2.24, 2.45) is 0 Å². The molecule has 2 rings (SSSR count). The Labute approximate surface area is 156 Å². The molecule has 0 radical (unpaired) electrons. The number of likely N-dealkylation sites (N-methyl/N-ethyl adjacent to an activating group) is 1. The molecule has 0 unspecified atom stereocenters. The summed E-state index contributed by atoms with van der Waals surface area (Å²) in [6.07, 6.45) is 2.07. The number of aliphatic carboxylic acids is 1. The molecule has 1 heterocycles. The average molecular weight is 364 g/mol. The standard InChI is InChI=1S/C20H32N2O4/c1-5-22(14-19(23)24)17-9-11-21(12-10-17)13-16-7-6-8-18(25-4)20(16)26-15(2)3/h6-8,15,17H,5,9-14H2,1-4H3,(H,23,24). The predicted molar refractivity (Wildman–Crippen MR) is 102 cm³/mol. The summed E-state index contributed by atoms with van der Waals surface area (Å²) in [5, 5.41) is 9.07. The molecule has 0 atom stereocenters. The molecule has 1 aromatic rings. The SMILES string of the molecule is CCN(CC(=O)O)C1CCN(Cc2cccc(OC)c2OC(C)C)CC1. The van der Waals surface area contributed by atoms with Gasteiger partial charge in [-0.25, -0.2) is 0 Å². The zero-order valence-electron chi connectivity index (χ0n) is 16.4. The predicted octanol–water partition coefficient (Wildman–Crippen LogP) is 2.85. The second kappa shape index (κ2) is 9.78. The van der Waals surface area contributed by atoms with Crippen LogP contribution in [0.1, 0.15) is 39.2 Å². The van der Waals surface area contributed by atoms with Crippen molar-refractivity contribution in [2.75, 3.05) is 33.3 Å². The number of methoxy groups -OCH3 is 1. The van der Waals surface area contributed by atoms with Crippen LogP contribution in [-0.2, 0) is 11.3 Å². The fourth-order valence-corrected chi connectivity index (χ4v) is 3.57. The first-order valence-electron chi connectivity index (χ1n) is 9.45. The first-order valence-corrected chi connectivity index (χ1v) is 9.45. The van der Waals surface area contributed by atoms with Crippen LogP contribution >= 0.6 is 0 Å². The number of benzene rings is 1. The number of para-hydroxylation sites is 1. The lowest BCUT2D eigenvalue weighted by atomic mass is 10.0. The van der Waals surface area contributed by atoms with Gasteiger partial charge in [0.05, 0.1) is 19.8 Å². The van der Waals surface area contributed by atoms with E-state index in [1.807, 2.05) is 32.9 Å². The fraction of sp³-hybridized carbons (Fsp3) is 0.650. The van der Waals surface area contributed by atoms with Crippen molar-refractivity contribution in [3.63, 3.8) is 0 Å². The minimum atomic E-state index is -0.749. The summed E-state index contributed by atoms with van der Waals surface area (Å²) in [6.45, 7) is 9.70. The van der Waals surface area contributed by atoms with E-state index in [0.29, 0.717) is 6.04 Å². The van der Waals surface area contributed by atoms with Crippen LogP contribution < -0.4 is 9.47 Å². The van der Waals surface area contributed by atoms with Crippen LogP contribution in [0, 0.1) is 0 Å². The summed E-state index contributed by atoms with van der Waals surface area (Å²) in [5.74, 6) is 0.846. The molecule has 1 aromatic carbocycles. The van der Waals surface area contributed by atoms with Gasteiger partial charge in [-0.15, -0.1) is 0 Å². The number of hydrogen-bond acceptors (Lipinski definition) is 5. The largest absolute Gasteiger partial charge is 0.493 e. The highest BCUT2D eigenvalue weighted by Crippen LogP contribution is 2.33. The number of carboxylic acids is 1. The van der Waals surface area contributed by atoms with Crippen molar-refractivity contribution in [2.45, 2.75) is 52.3 Å². The van der Waals surface area contributed by atoms with Crippen LogP contribution in [0.2, 0.25) is 0 Å². The number of ether oxygens (including phenoxy) is 2. The van der Waals surface area contributed by atoms with E-state index in [-0.39, 0.29) is 12.6 Å². The molecular weight excluding hydrogens is 332 g/mol. The van der Waals surface area contributed by atoms with Crippen molar-refractivity contribution in [1.29, 1.82) is 0 Å². The number of carbonyl (C=O) groups is 1. The van der Waals surface area contributed by atoms with E-state index in [0.717, 1.165) is 56.1 Å². The van der Waals surface area contributed by atoms with Gasteiger partial charge in [0.1, 0.15) is 0 Å². The number of likely N-dealkylation sites (tertiary alicyclic amines) is 1. The quantitative estimate of drug-likeness (QED) is 0.727. The highest BCUT2D eigenvalue weighted by Gasteiger charge is 2.26. The minimum absolute atomic E-state index is 0.0879. The smallest absolute Gasteiger partial charge is 0.317 e. The molecule has 0 aromatic heterocycles. The summed E-state index contributed by atoms with van der Waals surface area (Å²) < 4.78 is 11.5. The average Bonchev–Trinajstić information content (AvgIpc) is 2.61. The van der Waals surface area contributed by atoms with Gasteiger partial charge in [0, 0.05) is 18.2 Å². The molecule has 0 saturated carbocycles. The second-order valence-electron chi connectivity index (χ2n) is 7.08. The highest BCUT2D eigenvalue weighted by molar-refractivity contribution is 5.69. The Morgan fingerprint density at radius 3 is 2.58 bits per heavy atom. The number of carboxylic acid groups (broad SMARTS) is 1. The highest BCUT2D eigenvalue weighted by atomic mass is 16.5. The van der Waals surface area contributed by atoms with Gasteiger partial charge in [-0.2, -0.15) is 0 Å². The van der Waals surface area contributed by atoms with E-state index >= 15 is 0 Å². The molecule has 1 aliphatic rings. The van der Waals surface area contributed by atoms with Gasteiger partial charge < -0.3 is 14.6 Å². The fourth-order valence-electron chi connectivity index (χ4n) is 3.57. The van der Waals surface area contributed by atoms with E-state index in [4.69, 9.17) is 14.6 Å². The van der Waals surface area contributed by atoms with Gasteiger partial charge in [0.2, 0.25) is 0 Å². The summed E-state index contributed by atoms with van der Waals surface area (Å²) in [4.78, 5) is 15.5. The monoisotopic (exact) mass is 364 g/mol. The second-order valence-corrected chi connectivity index (χ2v) is 7.08. The lowest BCUT2D eigenvalue weighted by Gasteiger charge is -2.37. The van der Waals surface area contributed by atoms with E-state index in [9.17, 15) is 4.79 Å². The van der Waals surface area contributed by atoms with Crippen LogP contribution in [0.15, 0.2) is 18.2 Å². The molecule has 0 spiro atoms. The van der Waals surface area contributed by atoms with Crippen molar-refractivity contribution in [1.82, 2.24) is 9.80 Å². The first-order chi connectivity index (χ1) is 12.4. The lowest BCUT2D eigenvalue weighted by Crippen LogP contribution is -2.46. The van der Waals surface area contributed by atoms with Gasteiger partial charge >= 0.3 is 5.97 Å². The molecule has 6 nitrogen and oxygen atoms in total. The van der Waals surface area contributed by atoms with E-state index in [2.05, 4.69) is 15.9 Å². The first kappa shape index (κ1) is 20.5. The van der Waals surface area contributed by atoms with Crippen LogP contribution in [0.4, 0.5) is 0 Å². The molecule has 0 aliphatic carbocycles. The maximum atomic E-state index is 11.0. The van der Waals surface area contributed by atoms with Gasteiger partial charge in [0.25, 0.3) is 0 Å². The van der Waals surface area contributed by atoms with Crippen LogP contribution in [0.3, 0.4) is 0 Å². The number of nitrogens with zero attached hydrogens (tertiary/aromatic N) is 2. The Bertz CT molecular complexity index is 583. The van der Waals surface area contributed by atoms with Crippen LogP contribution in [0.5, 0.6) is 11.5 Å². The number of hydrogen-bond donors (Lipinski definition) is 1. The maximum absolute atomic E-state index is 11.0. The Balaban J connectivity index is 2.00. The molecule has 0 bridgehead atoms. The maximum Gasteiger partial charge on any atom is 0.317 e. The van der Waals surface area contributed by atoms with Crippen molar-refractivity contribution in [3.8, 4) is 11.5 Å². The topological polar surface area (TPSA) is 62.2 Å².